The highest BCUT2D eigenvalue weighted by Crippen LogP contribution is 2.22. The fourth-order valence-corrected chi connectivity index (χ4v) is 2.49. The number of aliphatic carboxylic acids is 1. The van der Waals surface area contributed by atoms with Crippen LogP contribution in [0.4, 0.5) is 0 Å². The maximum Gasteiger partial charge on any atom is 0.308 e. The number of hydrogen-bond acceptors (Lipinski definition) is 4. The fraction of sp³-hybridized carbons (Fsp3) is 0.571. The molecule has 1 aliphatic heterocycles. The molecule has 2 rings (SSSR count). The van der Waals surface area contributed by atoms with Gasteiger partial charge in [0, 0.05) is 19.0 Å². The van der Waals surface area contributed by atoms with Gasteiger partial charge in [0.2, 0.25) is 0 Å². The smallest absolute Gasteiger partial charge is 0.308 e. The molecule has 114 valence electrons. The third-order valence-electron chi connectivity index (χ3n) is 3.54. The number of carboxylic acids is 1. The minimum absolute atomic E-state index is 0.0851. The SMILES string of the molecule is CC(C)c1ncc(Cl)c(C(=O)N2CCCC(C(=O)O)C2)n1. The quantitative estimate of drug-likeness (QED) is 0.925. The maximum absolute atomic E-state index is 12.5. The predicted octanol–water partition coefficient (Wildman–Crippen LogP) is 2.19. The highest BCUT2D eigenvalue weighted by Gasteiger charge is 2.30. The summed E-state index contributed by atoms with van der Waals surface area (Å²) in [5, 5.41) is 9.29. The summed E-state index contributed by atoms with van der Waals surface area (Å²) in [5.74, 6) is -1.08. The van der Waals surface area contributed by atoms with Crippen molar-refractivity contribution in [2.45, 2.75) is 32.6 Å². The topological polar surface area (TPSA) is 83.4 Å². The van der Waals surface area contributed by atoms with Gasteiger partial charge in [-0.1, -0.05) is 25.4 Å². The molecule has 2 heterocycles. The van der Waals surface area contributed by atoms with Gasteiger partial charge in [-0.05, 0) is 12.8 Å². The number of nitrogens with zero attached hydrogens (tertiary/aromatic N) is 3. The van der Waals surface area contributed by atoms with Crippen LogP contribution in [-0.4, -0.2) is 44.9 Å². The zero-order valence-electron chi connectivity index (χ0n) is 12.0. The van der Waals surface area contributed by atoms with Gasteiger partial charge in [-0.15, -0.1) is 0 Å². The number of likely N-dealkylation sites (tertiary alicyclic amines) is 1. The average Bonchev–Trinajstić information content (AvgIpc) is 2.47. The van der Waals surface area contributed by atoms with E-state index >= 15 is 0 Å². The average molecular weight is 312 g/mol. The van der Waals surface area contributed by atoms with Crippen LogP contribution in [0, 0.1) is 5.92 Å². The molecular formula is C14H18ClN3O3. The molecule has 21 heavy (non-hydrogen) atoms. The van der Waals surface area contributed by atoms with Crippen molar-refractivity contribution < 1.29 is 14.7 Å². The van der Waals surface area contributed by atoms with E-state index in [-0.39, 0.29) is 29.1 Å². The molecule has 0 aliphatic carbocycles. The summed E-state index contributed by atoms with van der Waals surface area (Å²) in [5.41, 5.74) is 0.154. The molecule has 7 heteroatoms. The van der Waals surface area contributed by atoms with Gasteiger partial charge >= 0.3 is 5.97 Å². The van der Waals surface area contributed by atoms with Crippen molar-refractivity contribution in [1.82, 2.24) is 14.9 Å². The molecule has 0 bridgehead atoms. The number of amides is 1. The second-order valence-electron chi connectivity index (χ2n) is 5.51. The number of carboxylic acid groups (broad SMARTS) is 1. The van der Waals surface area contributed by atoms with Gasteiger partial charge in [-0.25, -0.2) is 9.97 Å². The third-order valence-corrected chi connectivity index (χ3v) is 3.82. The molecule has 1 N–H and O–H groups in total. The molecule has 1 saturated heterocycles. The predicted molar refractivity (Wildman–Crippen MR) is 77.4 cm³/mol. The molecule has 1 aliphatic rings. The van der Waals surface area contributed by atoms with Crippen molar-refractivity contribution in [3.05, 3.63) is 22.7 Å². The summed E-state index contributed by atoms with van der Waals surface area (Å²) in [6, 6.07) is 0. The first kappa shape index (κ1) is 15.7. The Balaban J connectivity index is 2.23. The van der Waals surface area contributed by atoms with Crippen LogP contribution in [-0.2, 0) is 4.79 Å². The van der Waals surface area contributed by atoms with E-state index in [1.807, 2.05) is 13.8 Å². The van der Waals surface area contributed by atoms with Crippen LogP contribution < -0.4 is 0 Å². The Hall–Kier alpha value is -1.69. The number of carbonyl (C=O) groups is 2. The van der Waals surface area contributed by atoms with Gasteiger partial charge < -0.3 is 10.0 Å². The number of aromatic nitrogens is 2. The number of rotatable bonds is 3. The van der Waals surface area contributed by atoms with E-state index in [1.165, 1.54) is 11.1 Å². The summed E-state index contributed by atoms with van der Waals surface area (Å²) in [4.78, 5) is 33.5. The number of halogens is 1. The second-order valence-corrected chi connectivity index (χ2v) is 5.92. The highest BCUT2D eigenvalue weighted by atomic mass is 35.5. The summed E-state index contributed by atoms with van der Waals surface area (Å²) < 4.78 is 0. The first-order valence-corrected chi connectivity index (χ1v) is 7.32. The monoisotopic (exact) mass is 311 g/mol. The van der Waals surface area contributed by atoms with Crippen LogP contribution >= 0.6 is 11.6 Å². The Morgan fingerprint density at radius 2 is 2.19 bits per heavy atom. The lowest BCUT2D eigenvalue weighted by Gasteiger charge is -2.30. The van der Waals surface area contributed by atoms with Crippen LogP contribution in [0.25, 0.3) is 0 Å². The van der Waals surface area contributed by atoms with Gasteiger partial charge in [-0.2, -0.15) is 0 Å². The van der Waals surface area contributed by atoms with Gasteiger partial charge in [0.1, 0.15) is 5.82 Å². The first-order chi connectivity index (χ1) is 9.90. The van der Waals surface area contributed by atoms with Crippen LogP contribution in [0.5, 0.6) is 0 Å². The lowest BCUT2D eigenvalue weighted by Crippen LogP contribution is -2.42. The molecule has 1 aromatic rings. The highest BCUT2D eigenvalue weighted by molar-refractivity contribution is 6.33. The van der Waals surface area contributed by atoms with E-state index in [9.17, 15) is 9.59 Å². The van der Waals surface area contributed by atoms with E-state index in [0.717, 1.165) is 0 Å². The Bertz CT molecular complexity index is 562. The molecule has 0 saturated carbocycles. The van der Waals surface area contributed by atoms with Crippen molar-refractivity contribution >= 4 is 23.5 Å². The standard InChI is InChI=1S/C14H18ClN3O3/c1-8(2)12-16-6-10(15)11(17-12)13(19)18-5-3-4-9(7-18)14(20)21/h6,8-9H,3-5,7H2,1-2H3,(H,20,21). The minimum Gasteiger partial charge on any atom is -0.481 e. The summed E-state index contributed by atoms with van der Waals surface area (Å²) in [6.45, 7) is 4.59. The van der Waals surface area contributed by atoms with E-state index in [2.05, 4.69) is 9.97 Å². The molecule has 1 atom stereocenters. The lowest BCUT2D eigenvalue weighted by molar-refractivity contribution is -0.143. The zero-order valence-corrected chi connectivity index (χ0v) is 12.8. The minimum atomic E-state index is -0.871. The molecule has 1 unspecified atom stereocenters. The Labute approximate surface area is 128 Å². The normalized spacial score (nSPS) is 18.9. The van der Waals surface area contributed by atoms with Crippen LogP contribution in [0.15, 0.2) is 6.20 Å². The fourth-order valence-electron chi connectivity index (χ4n) is 2.32. The van der Waals surface area contributed by atoms with E-state index in [4.69, 9.17) is 16.7 Å². The van der Waals surface area contributed by atoms with Gasteiger partial charge in [-0.3, -0.25) is 9.59 Å². The van der Waals surface area contributed by atoms with Gasteiger partial charge in [0.25, 0.3) is 5.91 Å². The molecule has 0 aromatic carbocycles. The zero-order chi connectivity index (χ0) is 15.6. The van der Waals surface area contributed by atoms with Crippen LogP contribution in [0.1, 0.15) is 48.9 Å². The summed E-state index contributed by atoms with van der Waals surface area (Å²) in [7, 11) is 0. The molecular weight excluding hydrogens is 294 g/mol. The molecule has 6 nitrogen and oxygen atoms in total. The first-order valence-electron chi connectivity index (χ1n) is 6.94. The summed E-state index contributed by atoms with van der Waals surface area (Å²) in [6.07, 6.45) is 2.69. The van der Waals surface area contributed by atoms with Gasteiger partial charge in [0.15, 0.2) is 5.69 Å². The van der Waals surface area contributed by atoms with Crippen molar-refractivity contribution in [3.63, 3.8) is 0 Å². The molecule has 1 amide bonds. The van der Waals surface area contributed by atoms with E-state index in [0.29, 0.717) is 25.2 Å². The molecule has 0 spiro atoms. The number of carbonyl (C=O) groups excluding carboxylic acids is 1. The molecule has 0 radical (unpaired) electrons. The van der Waals surface area contributed by atoms with Crippen LogP contribution in [0.3, 0.4) is 0 Å². The summed E-state index contributed by atoms with van der Waals surface area (Å²) >= 11 is 6.03. The molecule has 1 fully saturated rings. The lowest BCUT2D eigenvalue weighted by atomic mass is 9.98. The molecule has 1 aromatic heterocycles. The van der Waals surface area contributed by atoms with Gasteiger partial charge in [0.05, 0.1) is 17.1 Å². The van der Waals surface area contributed by atoms with E-state index in [1.54, 1.807) is 0 Å². The Morgan fingerprint density at radius 3 is 2.81 bits per heavy atom. The van der Waals surface area contributed by atoms with Crippen LogP contribution in [0.2, 0.25) is 5.02 Å². The van der Waals surface area contributed by atoms with E-state index < -0.39 is 11.9 Å². The Kier molecular flexibility index (Phi) is 4.77. The number of piperidine rings is 1. The van der Waals surface area contributed by atoms with Crippen molar-refractivity contribution in [2.24, 2.45) is 5.92 Å². The maximum atomic E-state index is 12.5. The van der Waals surface area contributed by atoms with Crippen molar-refractivity contribution in [3.8, 4) is 0 Å². The second kappa shape index (κ2) is 6.39. The Morgan fingerprint density at radius 1 is 1.48 bits per heavy atom. The van der Waals surface area contributed by atoms with Crippen molar-refractivity contribution in [2.75, 3.05) is 13.1 Å². The third kappa shape index (κ3) is 3.50. The largest absolute Gasteiger partial charge is 0.481 e. The van der Waals surface area contributed by atoms with Crippen molar-refractivity contribution in [1.29, 1.82) is 0 Å². The number of hydrogen-bond donors (Lipinski definition) is 1.